The summed E-state index contributed by atoms with van der Waals surface area (Å²) in [5.74, 6) is -0.523. The van der Waals surface area contributed by atoms with E-state index in [-0.39, 0.29) is 13.0 Å². The molecule has 3 N–H and O–H groups in total. The van der Waals surface area contributed by atoms with Crippen molar-refractivity contribution in [2.75, 3.05) is 5.32 Å². The average molecular weight is 343 g/mol. The molecule has 0 fully saturated rings. The molecule has 0 saturated carbocycles. The topological polar surface area (TPSA) is 104 Å². The van der Waals surface area contributed by atoms with Crippen LogP contribution in [0.5, 0.6) is 0 Å². The fraction of sp³-hybridized carbons (Fsp3) is 0.389. The number of fused-ring (bicyclic) bond motifs is 1. The Morgan fingerprint density at radius 3 is 2.72 bits per heavy atom. The summed E-state index contributed by atoms with van der Waals surface area (Å²) >= 11 is 0. The maximum Gasteiger partial charge on any atom is 0.329 e. The van der Waals surface area contributed by atoms with Crippen LogP contribution >= 0.6 is 0 Å². The number of carbonyl (C=O) groups is 1. The van der Waals surface area contributed by atoms with Crippen molar-refractivity contribution in [3.8, 4) is 0 Å². The van der Waals surface area contributed by atoms with Gasteiger partial charge in [-0.1, -0.05) is 6.07 Å². The van der Waals surface area contributed by atoms with Crippen LogP contribution in [0.25, 0.3) is 0 Å². The minimum atomic E-state index is -0.879. The Hall–Kier alpha value is -2.83. The molecule has 1 aromatic carbocycles. The highest BCUT2D eigenvalue weighted by molar-refractivity contribution is 5.66. The quantitative estimate of drug-likeness (QED) is 0.667. The standard InChI is InChI=1S/C18H21N3O4/c22-16-11-15(19-14-8-7-12-4-3-5-13(12)10-14)20-18(25)21(16)9-2-1-6-17(23)24/h7-8,10-11,19H,1-6,9H2,(H,20,25)(H,23,24). The van der Waals surface area contributed by atoms with E-state index in [0.717, 1.165) is 29.5 Å². The molecule has 3 rings (SSSR count). The summed E-state index contributed by atoms with van der Waals surface area (Å²) < 4.78 is 1.09. The SMILES string of the molecule is O=C(O)CCCCn1c(=O)cc(Nc2ccc3c(c2)CCC3)[nH]c1=O. The molecule has 132 valence electrons. The van der Waals surface area contributed by atoms with Crippen molar-refractivity contribution in [1.29, 1.82) is 0 Å². The molecule has 0 spiro atoms. The molecule has 7 heteroatoms. The first-order chi connectivity index (χ1) is 12.0. The number of nitrogens with zero attached hydrogens (tertiary/aromatic N) is 1. The Morgan fingerprint density at radius 2 is 1.96 bits per heavy atom. The van der Waals surface area contributed by atoms with Crippen LogP contribution in [0.1, 0.15) is 36.8 Å². The van der Waals surface area contributed by atoms with Crippen LogP contribution in [0.3, 0.4) is 0 Å². The molecule has 0 aliphatic heterocycles. The number of unbranched alkanes of at least 4 members (excludes halogenated alkanes) is 1. The summed E-state index contributed by atoms with van der Waals surface area (Å²) in [4.78, 5) is 37.4. The molecule has 7 nitrogen and oxygen atoms in total. The molecule has 0 radical (unpaired) electrons. The van der Waals surface area contributed by atoms with Gasteiger partial charge in [-0.2, -0.15) is 0 Å². The summed E-state index contributed by atoms with van der Waals surface area (Å²) in [7, 11) is 0. The van der Waals surface area contributed by atoms with Crippen molar-refractivity contribution in [3.05, 3.63) is 56.2 Å². The van der Waals surface area contributed by atoms with Crippen molar-refractivity contribution in [2.45, 2.75) is 45.1 Å². The van der Waals surface area contributed by atoms with Gasteiger partial charge in [0.1, 0.15) is 5.82 Å². The Morgan fingerprint density at radius 1 is 1.16 bits per heavy atom. The molecular weight excluding hydrogens is 322 g/mol. The van der Waals surface area contributed by atoms with Crippen LogP contribution < -0.4 is 16.6 Å². The van der Waals surface area contributed by atoms with Gasteiger partial charge in [0.05, 0.1) is 0 Å². The predicted molar refractivity (Wildman–Crippen MR) is 94.6 cm³/mol. The highest BCUT2D eigenvalue weighted by Gasteiger charge is 2.11. The van der Waals surface area contributed by atoms with Gasteiger partial charge in [0.25, 0.3) is 5.56 Å². The van der Waals surface area contributed by atoms with Crippen LogP contribution in [0, 0.1) is 0 Å². The monoisotopic (exact) mass is 343 g/mol. The second-order valence-corrected chi connectivity index (χ2v) is 6.29. The highest BCUT2D eigenvalue weighted by Crippen LogP contribution is 2.25. The van der Waals surface area contributed by atoms with Crippen LogP contribution in [-0.4, -0.2) is 20.6 Å². The maximum atomic E-state index is 12.2. The van der Waals surface area contributed by atoms with Crippen molar-refractivity contribution in [1.82, 2.24) is 9.55 Å². The lowest BCUT2D eigenvalue weighted by Gasteiger charge is -2.10. The fourth-order valence-corrected chi connectivity index (χ4v) is 3.15. The van der Waals surface area contributed by atoms with Crippen LogP contribution in [0.2, 0.25) is 0 Å². The number of aryl methyl sites for hydroxylation is 2. The van der Waals surface area contributed by atoms with E-state index in [2.05, 4.69) is 22.4 Å². The number of aromatic amines is 1. The third-order valence-electron chi connectivity index (χ3n) is 4.42. The first-order valence-corrected chi connectivity index (χ1v) is 8.48. The largest absolute Gasteiger partial charge is 0.481 e. The molecule has 0 atom stereocenters. The molecule has 0 saturated heterocycles. The summed E-state index contributed by atoms with van der Waals surface area (Å²) in [5.41, 5.74) is 2.61. The molecule has 0 amide bonds. The van der Waals surface area contributed by atoms with E-state index in [0.29, 0.717) is 18.7 Å². The lowest BCUT2D eigenvalue weighted by atomic mass is 10.1. The molecule has 0 bridgehead atoms. The number of carboxylic acids is 1. The molecule has 1 heterocycles. The molecule has 0 unspecified atom stereocenters. The van der Waals surface area contributed by atoms with Crippen molar-refractivity contribution >= 4 is 17.5 Å². The number of carboxylic acid groups (broad SMARTS) is 1. The number of H-pyrrole nitrogens is 1. The number of hydrogen-bond donors (Lipinski definition) is 3. The van der Waals surface area contributed by atoms with Crippen molar-refractivity contribution in [2.24, 2.45) is 0 Å². The van der Waals surface area contributed by atoms with Gasteiger partial charge in [-0.15, -0.1) is 0 Å². The van der Waals surface area contributed by atoms with E-state index >= 15 is 0 Å². The second-order valence-electron chi connectivity index (χ2n) is 6.29. The first-order valence-electron chi connectivity index (χ1n) is 8.48. The summed E-state index contributed by atoms with van der Waals surface area (Å²) in [6, 6.07) is 7.43. The van der Waals surface area contributed by atoms with Crippen molar-refractivity contribution < 1.29 is 9.90 Å². The summed E-state index contributed by atoms with van der Waals surface area (Å²) in [5, 5.41) is 11.7. The Bertz CT molecular complexity index is 867. The molecule has 1 aliphatic carbocycles. The number of anilines is 2. The van der Waals surface area contributed by atoms with Gasteiger partial charge in [0.15, 0.2) is 0 Å². The number of aliphatic carboxylic acids is 1. The van der Waals surface area contributed by atoms with Gasteiger partial charge in [0, 0.05) is 24.7 Å². The normalized spacial score (nSPS) is 12.8. The van der Waals surface area contributed by atoms with E-state index in [1.165, 1.54) is 17.2 Å². The number of nitrogens with one attached hydrogen (secondary N) is 2. The van der Waals surface area contributed by atoms with E-state index in [4.69, 9.17) is 5.11 Å². The molecule has 1 aromatic heterocycles. The zero-order valence-electron chi connectivity index (χ0n) is 13.9. The van der Waals surface area contributed by atoms with Gasteiger partial charge in [-0.25, -0.2) is 4.79 Å². The third-order valence-corrected chi connectivity index (χ3v) is 4.42. The zero-order chi connectivity index (χ0) is 17.8. The van der Waals surface area contributed by atoms with Gasteiger partial charge in [0.2, 0.25) is 0 Å². The maximum absolute atomic E-state index is 12.2. The summed E-state index contributed by atoms with van der Waals surface area (Å²) in [6.07, 6.45) is 4.24. The van der Waals surface area contributed by atoms with Crippen molar-refractivity contribution in [3.63, 3.8) is 0 Å². The van der Waals surface area contributed by atoms with E-state index in [1.54, 1.807) is 0 Å². The minimum Gasteiger partial charge on any atom is -0.481 e. The zero-order valence-corrected chi connectivity index (χ0v) is 13.9. The fourth-order valence-electron chi connectivity index (χ4n) is 3.15. The number of rotatable bonds is 7. The number of hydrogen-bond acceptors (Lipinski definition) is 4. The Labute approximate surface area is 144 Å². The molecule has 25 heavy (non-hydrogen) atoms. The number of benzene rings is 1. The van der Waals surface area contributed by atoms with E-state index in [9.17, 15) is 14.4 Å². The number of aromatic nitrogens is 2. The van der Waals surface area contributed by atoms with E-state index < -0.39 is 17.2 Å². The molecule has 2 aromatic rings. The molecule has 1 aliphatic rings. The Kier molecular flexibility index (Phi) is 5.02. The van der Waals surface area contributed by atoms with Gasteiger partial charge in [-0.05, 0) is 55.4 Å². The molecular formula is C18H21N3O4. The summed E-state index contributed by atoms with van der Waals surface area (Å²) in [6.45, 7) is 0.209. The third kappa shape index (κ3) is 4.17. The lowest BCUT2D eigenvalue weighted by molar-refractivity contribution is -0.137. The highest BCUT2D eigenvalue weighted by atomic mass is 16.4. The van der Waals surface area contributed by atoms with Gasteiger partial charge in [-0.3, -0.25) is 19.1 Å². The van der Waals surface area contributed by atoms with Gasteiger partial charge < -0.3 is 10.4 Å². The Balaban J connectivity index is 1.70. The van der Waals surface area contributed by atoms with Crippen LogP contribution in [0.15, 0.2) is 33.9 Å². The predicted octanol–water partition coefficient (Wildman–Crippen LogP) is 2.02. The minimum absolute atomic E-state index is 0.0324. The van der Waals surface area contributed by atoms with Crippen LogP contribution in [-0.2, 0) is 24.2 Å². The van der Waals surface area contributed by atoms with E-state index in [1.807, 2.05) is 6.07 Å². The second kappa shape index (κ2) is 7.38. The first kappa shape index (κ1) is 17.0. The van der Waals surface area contributed by atoms with Crippen LogP contribution in [0.4, 0.5) is 11.5 Å². The smallest absolute Gasteiger partial charge is 0.329 e. The van der Waals surface area contributed by atoms with Gasteiger partial charge >= 0.3 is 11.7 Å². The average Bonchev–Trinajstić information content (AvgIpc) is 3.01. The lowest BCUT2D eigenvalue weighted by Crippen LogP contribution is -2.35.